The molecule has 1 atom stereocenters. The third-order valence-electron chi connectivity index (χ3n) is 2.73. The molecule has 1 unspecified atom stereocenters. The highest BCUT2D eigenvalue weighted by atomic mass is 35.5. The zero-order chi connectivity index (χ0) is 15.1. The van der Waals surface area contributed by atoms with Crippen molar-refractivity contribution < 1.29 is 14.3 Å². The lowest BCUT2D eigenvalue weighted by molar-refractivity contribution is -0.145. The Balaban J connectivity index is 2.41. The lowest BCUT2D eigenvalue weighted by Crippen LogP contribution is -2.35. The first-order chi connectivity index (χ1) is 9.42. The number of carbonyl (C=O) groups excluding carboxylic acids is 2. The predicted molar refractivity (Wildman–Crippen MR) is 78.8 cm³/mol. The topological polar surface area (TPSA) is 58.6 Å². The van der Waals surface area contributed by atoms with E-state index < -0.39 is 0 Å². The Kier molecular flexibility index (Phi) is 6.48. The van der Waals surface area contributed by atoms with E-state index in [0.29, 0.717) is 17.3 Å². The molecule has 0 aliphatic heterocycles. The summed E-state index contributed by atoms with van der Waals surface area (Å²) in [6, 6.07) is 6.88. The number of rotatable bonds is 6. The number of hydrogen-bond acceptors (Lipinski definition) is 4. The van der Waals surface area contributed by atoms with Crippen molar-refractivity contribution in [2.24, 2.45) is 5.92 Å². The first-order valence-electron chi connectivity index (χ1n) is 6.24. The quantitative estimate of drug-likeness (QED) is 0.816. The smallest absolute Gasteiger partial charge is 0.309 e. The number of likely N-dealkylation sites (N-methyl/N-ethyl adjacent to an activating group) is 1. The van der Waals surface area contributed by atoms with E-state index in [1.54, 1.807) is 43.1 Å². The summed E-state index contributed by atoms with van der Waals surface area (Å²) in [5, 5.41) is 3.38. The minimum Gasteiger partial charge on any atom is -0.469 e. The van der Waals surface area contributed by atoms with Crippen LogP contribution in [0.2, 0.25) is 5.02 Å². The molecule has 0 radical (unpaired) electrons. The molecule has 0 aliphatic carbocycles. The van der Waals surface area contributed by atoms with Crippen LogP contribution in [0.3, 0.4) is 0 Å². The maximum Gasteiger partial charge on any atom is 0.309 e. The van der Waals surface area contributed by atoms with E-state index in [2.05, 4.69) is 10.1 Å². The number of nitrogens with one attached hydrogen (secondary N) is 1. The van der Waals surface area contributed by atoms with Crippen molar-refractivity contribution in [2.45, 2.75) is 6.92 Å². The summed E-state index contributed by atoms with van der Waals surface area (Å²) in [7, 11) is 3.13. The van der Waals surface area contributed by atoms with Gasteiger partial charge in [-0.3, -0.25) is 14.5 Å². The standard InChI is InChI=1S/C14H19ClN2O3/c1-10(14(19)20-3)8-17(2)9-13(18)16-12-6-4-11(15)5-7-12/h4-7,10H,8-9H2,1-3H3,(H,16,18). The molecule has 0 saturated carbocycles. The van der Waals surface area contributed by atoms with Crippen LogP contribution in [-0.2, 0) is 14.3 Å². The van der Waals surface area contributed by atoms with Crippen molar-refractivity contribution in [3.05, 3.63) is 29.3 Å². The largest absolute Gasteiger partial charge is 0.469 e. The zero-order valence-corrected chi connectivity index (χ0v) is 12.6. The van der Waals surface area contributed by atoms with Gasteiger partial charge in [0.15, 0.2) is 0 Å². The van der Waals surface area contributed by atoms with Crippen LogP contribution in [0.25, 0.3) is 0 Å². The van der Waals surface area contributed by atoms with Crippen LogP contribution in [0.5, 0.6) is 0 Å². The van der Waals surface area contributed by atoms with E-state index in [-0.39, 0.29) is 24.3 Å². The third kappa shape index (κ3) is 5.59. The van der Waals surface area contributed by atoms with Crippen molar-refractivity contribution >= 4 is 29.2 Å². The first-order valence-corrected chi connectivity index (χ1v) is 6.62. The summed E-state index contributed by atoms with van der Waals surface area (Å²) in [6.45, 7) is 2.42. The predicted octanol–water partition coefficient (Wildman–Crippen LogP) is 2.02. The summed E-state index contributed by atoms with van der Waals surface area (Å²) < 4.78 is 4.65. The molecular formula is C14H19ClN2O3. The van der Waals surface area contributed by atoms with E-state index >= 15 is 0 Å². The van der Waals surface area contributed by atoms with Gasteiger partial charge in [0, 0.05) is 17.3 Å². The second kappa shape index (κ2) is 7.87. The summed E-state index contributed by atoms with van der Waals surface area (Å²) in [6.07, 6.45) is 0. The summed E-state index contributed by atoms with van der Waals surface area (Å²) >= 11 is 5.77. The fourth-order valence-electron chi connectivity index (χ4n) is 1.79. The lowest BCUT2D eigenvalue weighted by Gasteiger charge is -2.19. The van der Waals surface area contributed by atoms with E-state index in [0.717, 1.165) is 0 Å². The SMILES string of the molecule is COC(=O)C(C)CN(C)CC(=O)Nc1ccc(Cl)cc1. The Morgan fingerprint density at radius 3 is 2.50 bits per heavy atom. The van der Waals surface area contributed by atoms with Crippen LogP contribution >= 0.6 is 11.6 Å². The second-order valence-electron chi connectivity index (χ2n) is 4.68. The van der Waals surface area contributed by atoms with Crippen LogP contribution < -0.4 is 5.32 Å². The fourth-order valence-corrected chi connectivity index (χ4v) is 1.91. The van der Waals surface area contributed by atoms with Gasteiger partial charge in [0.1, 0.15) is 0 Å². The number of amides is 1. The molecule has 0 aromatic heterocycles. The number of methoxy groups -OCH3 is 1. The summed E-state index contributed by atoms with van der Waals surface area (Å²) in [5.41, 5.74) is 0.689. The maximum atomic E-state index is 11.8. The molecule has 1 amide bonds. The summed E-state index contributed by atoms with van der Waals surface area (Å²) in [5.74, 6) is -0.699. The number of ether oxygens (including phenoxy) is 1. The Hall–Kier alpha value is -1.59. The highest BCUT2D eigenvalue weighted by Gasteiger charge is 2.16. The number of benzene rings is 1. The zero-order valence-electron chi connectivity index (χ0n) is 11.9. The van der Waals surface area contributed by atoms with Crippen LogP contribution in [0.1, 0.15) is 6.92 Å². The van der Waals surface area contributed by atoms with Gasteiger partial charge in [-0.1, -0.05) is 18.5 Å². The van der Waals surface area contributed by atoms with Crippen molar-refractivity contribution in [2.75, 3.05) is 32.6 Å². The molecule has 1 aromatic rings. The van der Waals surface area contributed by atoms with Crippen molar-refractivity contribution in [3.8, 4) is 0 Å². The molecule has 110 valence electrons. The highest BCUT2D eigenvalue weighted by molar-refractivity contribution is 6.30. The van der Waals surface area contributed by atoms with E-state index in [1.807, 2.05) is 0 Å². The molecular weight excluding hydrogens is 280 g/mol. The highest BCUT2D eigenvalue weighted by Crippen LogP contribution is 2.13. The van der Waals surface area contributed by atoms with Gasteiger partial charge in [0.2, 0.25) is 5.91 Å². The average Bonchev–Trinajstić information content (AvgIpc) is 2.40. The minimum atomic E-state index is -0.282. The molecule has 0 bridgehead atoms. The lowest BCUT2D eigenvalue weighted by atomic mass is 10.2. The van der Waals surface area contributed by atoms with Gasteiger partial charge in [-0.25, -0.2) is 0 Å². The molecule has 5 nitrogen and oxygen atoms in total. The molecule has 0 spiro atoms. The van der Waals surface area contributed by atoms with Gasteiger partial charge in [-0.2, -0.15) is 0 Å². The Bertz CT molecular complexity index is 462. The number of nitrogens with zero attached hydrogens (tertiary/aromatic N) is 1. The maximum absolute atomic E-state index is 11.8. The molecule has 0 fully saturated rings. The number of hydrogen-bond donors (Lipinski definition) is 1. The molecule has 0 saturated heterocycles. The average molecular weight is 299 g/mol. The second-order valence-corrected chi connectivity index (χ2v) is 5.11. The Labute approximate surface area is 123 Å². The molecule has 0 aliphatic rings. The van der Waals surface area contributed by atoms with Crippen LogP contribution in [0.4, 0.5) is 5.69 Å². The van der Waals surface area contributed by atoms with E-state index in [1.165, 1.54) is 7.11 Å². The molecule has 1 rings (SSSR count). The van der Waals surface area contributed by atoms with Crippen molar-refractivity contribution in [3.63, 3.8) is 0 Å². The first kappa shape index (κ1) is 16.5. The third-order valence-corrected chi connectivity index (χ3v) is 2.98. The van der Waals surface area contributed by atoms with Crippen molar-refractivity contribution in [1.29, 1.82) is 0 Å². The van der Waals surface area contributed by atoms with Gasteiger partial charge >= 0.3 is 5.97 Å². The molecule has 0 heterocycles. The van der Waals surface area contributed by atoms with Gasteiger partial charge in [-0.15, -0.1) is 0 Å². The molecule has 6 heteroatoms. The monoisotopic (exact) mass is 298 g/mol. The van der Waals surface area contributed by atoms with Crippen LogP contribution in [-0.4, -0.2) is 44.0 Å². The molecule has 1 aromatic carbocycles. The Morgan fingerprint density at radius 1 is 1.35 bits per heavy atom. The van der Waals surface area contributed by atoms with Crippen LogP contribution in [0.15, 0.2) is 24.3 Å². The number of anilines is 1. The normalized spacial score (nSPS) is 12.1. The van der Waals surface area contributed by atoms with Crippen molar-refractivity contribution in [1.82, 2.24) is 4.90 Å². The van der Waals surface area contributed by atoms with E-state index in [9.17, 15) is 9.59 Å². The number of esters is 1. The number of halogens is 1. The van der Waals surface area contributed by atoms with E-state index in [4.69, 9.17) is 11.6 Å². The Morgan fingerprint density at radius 2 is 1.95 bits per heavy atom. The van der Waals surface area contributed by atoms with Gasteiger partial charge in [0.05, 0.1) is 19.6 Å². The van der Waals surface area contributed by atoms with Gasteiger partial charge < -0.3 is 10.1 Å². The molecule has 1 N–H and O–H groups in total. The fraction of sp³-hybridized carbons (Fsp3) is 0.429. The molecule has 20 heavy (non-hydrogen) atoms. The summed E-state index contributed by atoms with van der Waals surface area (Å²) in [4.78, 5) is 24.9. The number of carbonyl (C=O) groups is 2. The van der Waals surface area contributed by atoms with Gasteiger partial charge in [-0.05, 0) is 31.3 Å². The van der Waals surface area contributed by atoms with Crippen LogP contribution in [0, 0.1) is 5.92 Å². The van der Waals surface area contributed by atoms with Gasteiger partial charge in [0.25, 0.3) is 0 Å². The minimum absolute atomic E-state index is 0.146.